The van der Waals surface area contributed by atoms with Crippen molar-refractivity contribution in [3.63, 3.8) is 0 Å². The molecule has 2 aliphatic carbocycles. The number of aryl methyl sites for hydroxylation is 1. The summed E-state index contributed by atoms with van der Waals surface area (Å²) >= 11 is 9.19. The standard InChI is InChI=1S/C34H26ClF3N2O4S2/c1-15-5-4-6-16(11-15)14-44-23-10-9-17(35)12-18(23)24-25-19-13-20(28(25)45-30-29(24)46-33(43)39-30)27-26(19)31(41)40(32(27)42)22-8-3-2-7-21(22)34(36,37)38/h2-12,19-20,24-28H,13-14H2,1H3,(H,39,43)/t19-,20-,24+,25+,26+,27+,28-/m1/s1. The largest absolute Gasteiger partial charge is 0.489 e. The predicted molar refractivity (Wildman–Crippen MR) is 169 cm³/mol. The number of carbonyl (C=O) groups excluding carboxylic acids is 2. The second kappa shape index (κ2) is 10.7. The number of hydrogen-bond acceptors (Lipinski definition) is 6. The van der Waals surface area contributed by atoms with E-state index < -0.39 is 41.1 Å². The summed E-state index contributed by atoms with van der Waals surface area (Å²) in [5.41, 5.74) is 1.44. The van der Waals surface area contributed by atoms with Gasteiger partial charge in [-0.3, -0.25) is 14.4 Å². The van der Waals surface area contributed by atoms with Gasteiger partial charge in [-0.2, -0.15) is 13.2 Å². The first-order chi connectivity index (χ1) is 22.0. The van der Waals surface area contributed by atoms with E-state index in [1.54, 1.807) is 6.07 Å². The molecule has 4 aromatic rings. The van der Waals surface area contributed by atoms with E-state index in [1.807, 2.05) is 43.3 Å². The molecule has 1 saturated heterocycles. The van der Waals surface area contributed by atoms with Gasteiger partial charge in [0.2, 0.25) is 11.8 Å². The number of anilines is 1. The third-order valence-electron chi connectivity index (χ3n) is 9.96. The first-order valence-electron chi connectivity index (χ1n) is 14.9. The van der Waals surface area contributed by atoms with Gasteiger partial charge in [0, 0.05) is 26.6 Å². The van der Waals surface area contributed by atoms with Crippen molar-refractivity contribution in [3.8, 4) is 5.75 Å². The second-order valence-electron chi connectivity index (χ2n) is 12.4. The number of thiazole rings is 1. The predicted octanol–water partition coefficient (Wildman–Crippen LogP) is 7.67. The number of carbonyl (C=O) groups is 2. The van der Waals surface area contributed by atoms with E-state index in [4.69, 9.17) is 16.3 Å². The number of nitrogens with zero attached hydrogens (tertiary/aromatic N) is 1. The summed E-state index contributed by atoms with van der Waals surface area (Å²) in [6, 6.07) is 18.1. The number of nitrogens with one attached hydrogen (secondary N) is 1. The summed E-state index contributed by atoms with van der Waals surface area (Å²) in [5, 5.41) is 1.05. The quantitative estimate of drug-likeness (QED) is 0.219. The number of para-hydroxylation sites is 1. The van der Waals surface area contributed by atoms with Crippen molar-refractivity contribution in [1.82, 2.24) is 4.98 Å². The summed E-state index contributed by atoms with van der Waals surface area (Å²) in [5.74, 6) is -3.13. The number of alkyl halides is 3. The van der Waals surface area contributed by atoms with Crippen LogP contribution in [0.1, 0.15) is 39.5 Å². The smallest absolute Gasteiger partial charge is 0.418 e. The van der Waals surface area contributed by atoms with Crippen LogP contribution in [0.3, 0.4) is 0 Å². The van der Waals surface area contributed by atoms with Crippen LogP contribution in [0.25, 0.3) is 0 Å². The topological polar surface area (TPSA) is 79.5 Å². The molecule has 0 spiro atoms. The molecular formula is C34H26ClF3N2O4S2. The molecule has 1 aromatic heterocycles. The van der Waals surface area contributed by atoms with Crippen molar-refractivity contribution < 1.29 is 27.5 Å². The maximum atomic E-state index is 14.1. The van der Waals surface area contributed by atoms with Crippen molar-refractivity contribution >= 4 is 52.2 Å². The minimum Gasteiger partial charge on any atom is -0.489 e. The SMILES string of the molecule is Cc1cccc(COc2ccc(Cl)cc2[C@@H]2c3sc(=O)[nH]c3S[C@@H]3[C@@H]4C[C@@H]([C@@H]5C(=O)N(c6ccccc6C(F)(F)F)C(=O)[C@@H]45)[C@@H]23)c1. The molecule has 3 aromatic carbocycles. The lowest BCUT2D eigenvalue weighted by Crippen LogP contribution is -2.42. The lowest BCUT2D eigenvalue weighted by Gasteiger charge is -2.43. The highest BCUT2D eigenvalue weighted by Gasteiger charge is 2.70. The number of aromatic amines is 1. The van der Waals surface area contributed by atoms with Crippen molar-refractivity contribution in [3.05, 3.63) is 109 Å². The number of hydrogen-bond donors (Lipinski definition) is 1. The zero-order valence-electron chi connectivity index (χ0n) is 24.2. The Hall–Kier alpha value is -3.54. The average molecular weight is 683 g/mol. The molecule has 7 atom stereocenters. The Bertz CT molecular complexity index is 1980. The van der Waals surface area contributed by atoms with Gasteiger partial charge in [-0.25, -0.2) is 4.90 Å². The molecule has 4 aliphatic rings. The number of rotatable bonds is 5. The van der Waals surface area contributed by atoms with Crippen LogP contribution in [0.2, 0.25) is 5.02 Å². The third-order valence-corrected chi connectivity index (χ3v) is 12.8. The van der Waals surface area contributed by atoms with Gasteiger partial charge in [0.05, 0.1) is 28.1 Å². The van der Waals surface area contributed by atoms with Crippen LogP contribution in [0, 0.1) is 36.5 Å². The molecule has 3 heterocycles. The Kier molecular flexibility index (Phi) is 6.97. The van der Waals surface area contributed by atoms with Crippen molar-refractivity contribution in [2.45, 2.75) is 42.3 Å². The number of halogens is 4. The Balaban J connectivity index is 1.20. The lowest BCUT2D eigenvalue weighted by molar-refractivity contribution is -0.137. The number of H-pyrrole nitrogens is 1. The highest BCUT2D eigenvalue weighted by atomic mass is 35.5. The van der Waals surface area contributed by atoms with Crippen LogP contribution >= 0.6 is 34.7 Å². The van der Waals surface area contributed by atoms with Crippen molar-refractivity contribution in [2.75, 3.05) is 4.90 Å². The number of amides is 2. The Labute approximate surface area is 274 Å². The van der Waals surface area contributed by atoms with Gasteiger partial charge in [-0.15, -0.1) is 11.8 Å². The van der Waals surface area contributed by atoms with Crippen LogP contribution < -0.4 is 14.5 Å². The van der Waals surface area contributed by atoms with E-state index in [0.29, 0.717) is 28.8 Å². The molecule has 0 radical (unpaired) electrons. The molecule has 46 heavy (non-hydrogen) atoms. The summed E-state index contributed by atoms with van der Waals surface area (Å²) in [6.07, 6.45) is -4.13. The first kappa shape index (κ1) is 29.8. The fraction of sp³-hybridized carbons (Fsp3) is 0.324. The minimum atomic E-state index is -4.73. The van der Waals surface area contributed by atoms with E-state index in [0.717, 1.165) is 43.9 Å². The molecule has 8 rings (SSSR count). The Morgan fingerprint density at radius 3 is 2.50 bits per heavy atom. The molecule has 12 heteroatoms. The van der Waals surface area contributed by atoms with Gasteiger partial charge in [-0.05, 0) is 67.0 Å². The van der Waals surface area contributed by atoms with Crippen molar-refractivity contribution in [1.29, 1.82) is 0 Å². The molecule has 2 amide bonds. The lowest BCUT2D eigenvalue weighted by atomic mass is 9.68. The Morgan fingerprint density at radius 1 is 0.978 bits per heavy atom. The van der Waals surface area contributed by atoms with Crippen molar-refractivity contribution in [2.24, 2.45) is 29.6 Å². The van der Waals surface area contributed by atoms with Gasteiger partial charge in [0.1, 0.15) is 12.4 Å². The molecule has 3 fully saturated rings. The number of imide groups is 1. The van der Waals surface area contributed by atoms with Gasteiger partial charge in [0.25, 0.3) is 0 Å². The number of benzene rings is 3. The summed E-state index contributed by atoms with van der Waals surface area (Å²) in [7, 11) is 0. The maximum absolute atomic E-state index is 14.1. The molecule has 1 N–H and O–H groups in total. The molecule has 0 unspecified atom stereocenters. The summed E-state index contributed by atoms with van der Waals surface area (Å²) in [6.45, 7) is 2.31. The van der Waals surface area contributed by atoms with Gasteiger partial charge >= 0.3 is 11.0 Å². The zero-order valence-corrected chi connectivity index (χ0v) is 26.6. The van der Waals surface area contributed by atoms with Crippen LogP contribution in [0.4, 0.5) is 18.9 Å². The monoisotopic (exact) mass is 682 g/mol. The first-order valence-corrected chi connectivity index (χ1v) is 17.0. The van der Waals surface area contributed by atoms with Gasteiger partial charge < -0.3 is 9.72 Å². The van der Waals surface area contributed by atoms with E-state index >= 15 is 0 Å². The molecular weight excluding hydrogens is 657 g/mol. The van der Waals surface area contributed by atoms with Crippen LogP contribution in [0.5, 0.6) is 5.75 Å². The van der Waals surface area contributed by atoms with Gasteiger partial charge in [-0.1, -0.05) is 64.9 Å². The van der Waals surface area contributed by atoms with Crippen LogP contribution in [-0.4, -0.2) is 22.0 Å². The summed E-state index contributed by atoms with van der Waals surface area (Å²) in [4.78, 5) is 45.1. The highest BCUT2D eigenvalue weighted by Crippen LogP contribution is 2.69. The van der Waals surface area contributed by atoms with E-state index in [-0.39, 0.29) is 33.8 Å². The Morgan fingerprint density at radius 2 is 1.74 bits per heavy atom. The van der Waals surface area contributed by atoms with Crippen LogP contribution in [0.15, 0.2) is 76.6 Å². The molecule has 2 aliphatic heterocycles. The maximum Gasteiger partial charge on any atom is 0.418 e. The third kappa shape index (κ3) is 4.57. The molecule has 2 bridgehead atoms. The highest BCUT2D eigenvalue weighted by molar-refractivity contribution is 8.00. The second-order valence-corrected chi connectivity index (χ2v) is 15.1. The van der Waals surface area contributed by atoms with Crippen LogP contribution in [-0.2, 0) is 22.4 Å². The van der Waals surface area contributed by atoms with E-state index in [1.165, 1.54) is 30.0 Å². The number of aromatic nitrogens is 1. The number of ether oxygens (including phenoxy) is 1. The van der Waals surface area contributed by atoms with E-state index in [2.05, 4.69) is 4.98 Å². The molecule has 236 valence electrons. The number of thioether (sulfide) groups is 1. The normalized spacial score (nSPS) is 27.9. The fourth-order valence-corrected chi connectivity index (χ4v) is 11.4. The van der Waals surface area contributed by atoms with Gasteiger partial charge in [0.15, 0.2) is 0 Å². The number of fused-ring (bicyclic) bond motifs is 9. The fourth-order valence-electron chi connectivity index (χ4n) is 8.37. The average Bonchev–Trinajstić information content (AvgIpc) is 3.75. The minimum absolute atomic E-state index is 0.146. The zero-order chi connectivity index (χ0) is 32.1. The summed E-state index contributed by atoms with van der Waals surface area (Å²) < 4.78 is 48.4. The van der Waals surface area contributed by atoms with E-state index in [9.17, 15) is 27.6 Å². The molecule has 2 saturated carbocycles. The molecule has 6 nitrogen and oxygen atoms in total.